The quantitative estimate of drug-likeness (QED) is 0.590. The summed E-state index contributed by atoms with van der Waals surface area (Å²) in [7, 11) is 0. The van der Waals surface area contributed by atoms with Gasteiger partial charge in [-0.25, -0.2) is 4.79 Å². The zero-order valence-corrected chi connectivity index (χ0v) is 10.1. The Balaban J connectivity index is 2.89. The van der Waals surface area contributed by atoms with Gasteiger partial charge in [-0.1, -0.05) is 20.8 Å². The summed E-state index contributed by atoms with van der Waals surface area (Å²) in [6, 6.07) is -0.486. The van der Waals surface area contributed by atoms with Crippen LogP contribution in [0.5, 0.6) is 0 Å². The predicted molar refractivity (Wildman–Crippen MR) is 57.3 cm³/mol. The van der Waals surface area contributed by atoms with Crippen molar-refractivity contribution in [3.8, 4) is 0 Å². The van der Waals surface area contributed by atoms with Crippen LogP contribution < -0.4 is 0 Å². The van der Waals surface area contributed by atoms with Crippen molar-refractivity contribution in [2.45, 2.75) is 26.8 Å². The maximum Gasteiger partial charge on any atom is 0.407 e. The molecule has 1 N–H and O–H groups in total. The van der Waals surface area contributed by atoms with Gasteiger partial charge in [-0.15, -0.1) is 0 Å². The molecule has 1 fully saturated rings. The van der Waals surface area contributed by atoms with Crippen molar-refractivity contribution < 1.29 is 19.5 Å². The zero-order valence-electron chi connectivity index (χ0n) is 9.36. The third-order valence-corrected chi connectivity index (χ3v) is 2.96. The molecule has 0 bridgehead atoms. The number of nitrogens with zero attached hydrogens (tertiary/aromatic N) is 1. The number of carboxylic acid groups (broad SMARTS) is 1. The van der Waals surface area contributed by atoms with Crippen molar-refractivity contribution in [2.24, 2.45) is 11.3 Å². The Bertz CT molecular complexity index is 347. The van der Waals surface area contributed by atoms with E-state index < -0.39 is 34.5 Å². The molecule has 0 aliphatic carbocycles. The monoisotopic (exact) mass is 247 g/mol. The molecule has 0 aromatic carbocycles. The van der Waals surface area contributed by atoms with E-state index in [-0.39, 0.29) is 6.54 Å². The zero-order chi connectivity index (χ0) is 12.7. The van der Waals surface area contributed by atoms with E-state index in [0.29, 0.717) is 0 Å². The molecule has 0 radical (unpaired) electrons. The molecule has 1 rings (SSSR count). The first-order chi connectivity index (χ1) is 7.16. The van der Waals surface area contributed by atoms with Gasteiger partial charge >= 0.3 is 6.09 Å². The van der Waals surface area contributed by atoms with E-state index in [9.17, 15) is 14.4 Å². The number of Topliss-reactive ketones (excluding diaryl/α,β-unsaturated/α-hetero) is 1. The lowest BCUT2D eigenvalue weighted by Gasteiger charge is -2.51. The Labute approximate surface area is 98.4 Å². The average molecular weight is 248 g/mol. The summed E-state index contributed by atoms with van der Waals surface area (Å²) in [6.07, 6.45) is -1.08. The summed E-state index contributed by atoms with van der Waals surface area (Å²) in [5.41, 5.74) is -0.399. The number of carbonyl (C=O) groups excluding carboxylic acids is 2. The van der Waals surface area contributed by atoms with Gasteiger partial charge in [0.15, 0.2) is 0 Å². The summed E-state index contributed by atoms with van der Waals surface area (Å²) in [4.78, 5) is 34.3. The fourth-order valence-corrected chi connectivity index (χ4v) is 2.28. The van der Waals surface area contributed by atoms with Gasteiger partial charge in [-0.05, 0) is 17.0 Å². The van der Waals surface area contributed by atoms with Crippen molar-refractivity contribution in [3.05, 3.63) is 0 Å². The molecule has 0 aromatic heterocycles. The number of carbonyl (C=O) groups is 3. The fraction of sp³-hybridized carbons (Fsp3) is 0.700. The van der Waals surface area contributed by atoms with E-state index in [2.05, 4.69) is 0 Å². The molecule has 90 valence electrons. The van der Waals surface area contributed by atoms with Crippen LogP contribution in [0, 0.1) is 11.3 Å². The summed E-state index contributed by atoms with van der Waals surface area (Å²) in [5, 5.41) is 7.88. The standard InChI is InChI=1S/C10H14ClNO4/c1-10(2,3)7-5(6(13)8(11)14)4-12(7)9(15)16/h5,7H,4H2,1-3H3,(H,15,16). The second-order valence-electron chi connectivity index (χ2n) is 4.99. The van der Waals surface area contributed by atoms with Gasteiger partial charge in [0.25, 0.3) is 5.24 Å². The van der Waals surface area contributed by atoms with Gasteiger partial charge in [0.05, 0.1) is 12.0 Å². The van der Waals surface area contributed by atoms with Gasteiger partial charge in [-0.3, -0.25) is 9.59 Å². The van der Waals surface area contributed by atoms with Crippen LogP contribution in [0.4, 0.5) is 4.79 Å². The molecule has 16 heavy (non-hydrogen) atoms. The molecule has 1 aliphatic rings. The molecule has 1 heterocycles. The highest BCUT2D eigenvalue weighted by Gasteiger charge is 2.52. The molecule has 5 nitrogen and oxygen atoms in total. The lowest BCUT2D eigenvalue weighted by atomic mass is 9.71. The summed E-state index contributed by atoms with van der Waals surface area (Å²) in [6.45, 7) is 5.53. The van der Waals surface area contributed by atoms with E-state index in [1.54, 1.807) is 0 Å². The fourth-order valence-electron chi connectivity index (χ4n) is 2.14. The topological polar surface area (TPSA) is 74.7 Å². The first kappa shape index (κ1) is 13.0. The molecule has 1 amide bonds. The Kier molecular flexibility index (Phi) is 3.28. The van der Waals surface area contributed by atoms with E-state index in [1.165, 1.54) is 4.90 Å². The van der Waals surface area contributed by atoms with E-state index >= 15 is 0 Å². The third kappa shape index (κ3) is 2.19. The number of rotatable bonds is 2. The summed E-state index contributed by atoms with van der Waals surface area (Å²) in [5.74, 6) is -1.31. The molecule has 2 unspecified atom stereocenters. The number of ketones is 1. The highest BCUT2D eigenvalue weighted by Crippen LogP contribution is 2.38. The third-order valence-electron chi connectivity index (χ3n) is 2.77. The van der Waals surface area contributed by atoms with Crippen LogP contribution >= 0.6 is 11.6 Å². The molecule has 0 aromatic rings. The van der Waals surface area contributed by atoms with Crippen LogP contribution in [-0.4, -0.2) is 39.7 Å². The molecule has 6 heteroatoms. The van der Waals surface area contributed by atoms with Crippen LogP contribution in [0.15, 0.2) is 0 Å². The highest BCUT2D eigenvalue weighted by molar-refractivity contribution is 6.81. The molecular formula is C10H14ClNO4. The van der Waals surface area contributed by atoms with Crippen LogP contribution in [0.3, 0.4) is 0 Å². The number of halogens is 1. The molecule has 1 aliphatic heterocycles. The van der Waals surface area contributed by atoms with Gasteiger partial charge in [0.1, 0.15) is 0 Å². The minimum absolute atomic E-state index is 0.0502. The minimum atomic E-state index is -1.08. The number of hydrogen-bond donors (Lipinski definition) is 1. The van der Waals surface area contributed by atoms with Gasteiger partial charge in [0.2, 0.25) is 5.78 Å². The number of hydrogen-bond acceptors (Lipinski definition) is 3. The normalized spacial score (nSPS) is 24.9. The van der Waals surface area contributed by atoms with E-state index in [1.807, 2.05) is 20.8 Å². The minimum Gasteiger partial charge on any atom is -0.465 e. The number of amides is 1. The van der Waals surface area contributed by atoms with Crippen molar-refractivity contribution in [1.29, 1.82) is 0 Å². The van der Waals surface area contributed by atoms with Crippen molar-refractivity contribution >= 4 is 28.7 Å². The van der Waals surface area contributed by atoms with Crippen molar-refractivity contribution in [3.63, 3.8) is 0 Å². The van der Waals surface area contributed by atoms with Crippen LogP contribution in [-0.2, 0) is 9.59 Å². The Morgan fingerprint density at radius 2 is 1.81 bits per heavy atom. The molecule has 1 saturated heterocycles. The maximum atomic E-state index is 11.4. The van der Waals surface area contributed by atoms with Crippen molar-refractivity contribution in [1.82, 2.24) is 4.90 Å². The lowest BCUT2D eigenvalue weighted by molar-refractivity contribution is -0.143. The number of likely N-dealkylation sites (tertiary alicyclic amines) is 1. The first-order valence-corrected chi connectivity index (χ1v) is 5.27. The van der Waals surface area contributed by atoms with Crippen LogP contribution in [0.1, 0.15) is 20.8 Å². The Morgan fingerprint density at radius 3 is 2.12 bits per heavy atom. The van der Waals surface area contributed by atoms with Crippen LogP contribution in [0.25, 0.3) is 0 Å². The summed E-state index contributed by atoms with van der Waals surface area (Å²) < 4.78 is 0. The summed E-state index contributed by atoms with van der Waals surface area (Å²) >= 11 is 5.12. The van der Waals surface area contributed by atoms with Gasteiger partial charge < -0.3 is 10.0 Å². The smallest absolute Gasteiger partial charge is 0.407 e. The van der Waals surface area contributed by atoms with Gasteiger partial charge in [-0.2, -0.15) is 0 Å². The van der Waals surface area contributed by atoms with E-state index in [4.69, 9.17) is 16.7 Å². The lowest BCUT2D eigenvalue weighted by Crippen LogP contribution is -2.66. The molecule has 0 spiro atoms. The van der Waals surface area contributed by atoms with E-state index in [0.717, 1.165) is 0 Å². The SMILES string of the molecule is CC(C)(C)C1C(C(=O)C(=O)Cl)CN1C(=O)O. The van der Waals surface area contributed by atoms with Gasteiger partial charge in [0, 0.05) is 6.54 Å². The van der Waals surface area contributed by atoms with Crippen LogP contribution in [0.2, 0.25) is 0 Å². The van der Waals surface area contributed by atoms with Crippen molar-refractivity contribution in [2.75, 3.05) is 6.54 Å². The molecule has 2 atom stereocenters. The second-order valence-corrected chi connectivity index (χ2v) is 5.33. The Hall–Kier alpha value is -1.10. The average Bonchev–Trinajstić information content (AvgIpc) is 1.97. The second kappa shape index (κ2) is 4.05. The maximum absolute atomic E-state index is 11.4. The highest BCUT2D eigenvalue weighted by atomic mass is 35.5. The Morgan fingerprint density at radius 1 is 1.31 bits per heavy atom. The first-order valence-electron chi connectivity index (χ1n) is 4.89. The molecule has 0 saturated carbocycles. The molecular weight excluding hydrogens is 234 g/mol. The largest absolute Gasteiger partial charge is 0.465 e. The predicted octanol–water partition coefficient (Wildman–Crippen LogP) is 1.35.